The normalized spacial score (nSPS) is 11.8. The Kier molecular flexibility index (Phi) is 3.90. The Balaban J connectivity index is 2.05. The Morgan fingerprint density at radius 1 is 1.18 bits per heavy atom. The van der Waals surface area contributed by atoms with Gasteiger partial charge in [0.15, 0.2) is 5.88 Å². The maximum atomic E-state index is 10.1. The van der Waals surface area contributed by atoms with E-state index >= 15 is 0 Å². The predicted octanol–water partition coefficient (Wildman–Crippen LogP) is 5.40. The maximum absolute atomic E-state index is 10.1. The molecule has 3 nitrogen and oxygen atoms in total. The third kappa shape index (κ3) is 2.72. The van der Waals surface area contributed by atoms with Crippen LogP contribution in [-0.4, -0.2) is 16.3 Å². The summed E-state index contributed by atoms with van der Waals surface area (Å²) in [5.41, 5.74) is 3.56. The molecule has 0 saturated carbocycles. The number of aromatic amines is 1. The van der Waals surface area contributed by atoms with Crippen molar-refractivity contribution in [2.75, 3.05) is 0 Å². The molecular weight excluding hydrogens is 296 g/mol. The lowest BCUT2D eigenvalue weighted by molar-refractivity contribution is 0.457. The van der Waals surface area contributed by atoms with Gasteiger partial charge in [-0.15, -0.1) is 0 Å². The van der Waals surface area contributed by atoms with Gasteiger partial charge < -0.3 is 10.1 Å². The average molecular weight is 313 g/mol. The minimum Gasteiger partial charge on any atom is -0.494 e. The summed E-state index contributed by atoms with van der Waals surface area (Å²) in [4.78, 5) is 7.49. The molecular formula is C18H17ClN2O. The summed E-state index contributed by atoms with van der Waals surface area (Å²) in [6, 6.07) is 13.5. The van der Waals surface area contributed by atoms with Gasteiger partial charge in [-0.05, 0) is 29.7 Å². The molecule has 2 aromatic carbocycles. The van der Waals surface area contributed by atoms with Gasteiger partial charge in [0.25, 0.3) is 0 Å². The lowest BCUT2D eigenvalue weighted by Crippen LogP contribution is -1.88. The summed E-state index contributed by atoms with van der Waals surface area (Å²) in [7, 11) is 0. The zero-order chi connectivity index (χ0) is 15.7. The molecule has 112 valence electrons. The smallest absolute Gasteiger partial charge is 0.198 e. The van der Waals surface area contributed by atoms with Gasteiger partial charge in [0, 0.05) is 16.6 Å². The van der Waals surface area contributed by atoms with E-state index in [4.69, 9.17) is 11.6 Å². The number of H-pyrrole nitrogens is 1. The highest BCUT2D eigenvalue weighted by atomic mass is 35.5. The molecule has 0 aliphatic heterocycles. The fraction of sp³-hybridized carbons (Fsp3) is 0.167. The molecule has 1 heterocycles. The Labute approximate surface area is 134 Å². The first-order chi connectivity index (χ1) is 10.6. The standard InChI is InChI=1S/C18H17ClN2O/c1-11(2)13-5-3-4-6-16(13)20-10-15-14-8-7-12(19)9-17(14)21-18(15)22/h3-11,21-22H,1-2H3. The predicted molar refractivity (Wildman–Crippen MR) is 92.8 cm³/mol. The topological polar surface area (TPSA) is 48.4 Å². The minimum atomic E-state index is 0.100. The highest BCUT2D eigenvalue weighted by Crippen LogP contribution is 2.30. The second-order valence-corrected chi connectivity index (χ2v) is 5.99. The number of aromatic hydroxyl groups is 1. The highest BCUT2D eigenvalue weighted by Gasteiger charge is 2.10. The SMILES string of the molecule is CC(C)c1ccccc1N=Cc1c(O)[nH]c2cc(Cl)ccc12. The van der Waals surface area contributed by atoms with E-state index in [-0.39, 0.29) is 5.88 Å². The fourth-order valence-corrected chi connectivity index (χ4v) is 2.71. The quantitative estimate of drug-likeness (QED) is 0.625. The van der Waals surface area contributed by atoms with E-state index in [0.29, 0.717) is 16.5 Å². The molecule has 3 aromatic rings. The number of aliphatic imine (C=N–C) groups is 1. The van der Waals surface area contributed by atoms with Gasteiger partial charge in [0.05, 0.1) is 16.8 Å². The number of benzene rings is 2. The Hall–Kier alpha value is -2.26. The van der Waals surface area contributed by atoms with E-state index < -0.39 is 0 Å². The van der Waals surface area contributed by atoms with Crippen molar-refractivity contribution in [3.8, 4) is 5.88 Å². The van der Waals surface area contributed by atoms with E-state index in [2.05, 4.69) is 29.9 Å². The summed E-state index contributed by atoms with van der Waals surface area (Å²) in [6.45, 7) is 4.28. The lowest BCUT2D eigenvalue weighted by atomic mass is 10.0. The Morgan fingerprint density at radius 3 is 2.73 bits per heavy atom. The van der Waals surface area contributed by atoms with Crippen molar-refractivity contribution in [3.05, 3.63) is 58.6 Å². The third-order valence-corrected chi connectivity index (χ3v) is 3.91. The molecule has 0 radical (unpaired) electrons. The zero-order valence-electron chi connectivity index (χ0n) is 12.5. The van der Waals surface area contributed by atoms with Gasteiger partial charge in [0.2, 0.25) is 0 Å². The summed E-state index contributed by atoms with van der Waals surface area (Å²) in [6.07, 6.45) is 1.70. The first kappa shape index (κ1) is 14.7. The number of hydrogen-bond donors (Lipinski definition) is 2. The van der Waals surface area contributed by atoms with Crippen LogP contribution in [0.1, 0.15) is 30.9 Å². The first-order valence-electron chi connectivity index (χ1n) is 7.19. The number of fused-ring (bicyclic) bond motifs is 1. The van der Waals surface area contributed by atoms with Crippen molar-refractivity contribution in [1.29, 1.82) is 0 Å². The van der Waals surface area contributed by atoms with Crippen molar-refractivity contribution >= 4 is 34.4 Å². The van der Waals surface area contributed by atoms with E-state index in [1.165, 1.54) is 5.56 Å². The lowest BCUT2D eigenvalue weighted by Gasteiger charge is -2.08. The average Bonchev–Trinajstić information content (AvgIpc) is 2.79. The summed E-state index contributed by atoms with van der Waals surface area (Å²) in [5, 5.41) is 11.6. The van der Waals surface area contributed by atoms with Gasteiger partial charge in [-0.2, -0.15) is 0 Å². The van der Waals surface area contributed by atoms with E-state index in [0.717, 1.165) is 16.6 Å². The van der Waals surface area contributed by atoms with Crippen LogP contribution in [0.15, 0.2) is 47.5 Å². The van der Waals surface area contributed by atoms with E-state index in [1.807, 2.05) is 24.3 Å². The Bertz CT molecular complexity index is 849. The molecule has 2 N–H and O–H groups in total. The monoisotopic (exact) mass is 312 g/mol. The van der Waals surface area contributed by atoms with Gasteiger partial charge in [-0.1, -0.05) is 49.7 Å². The molecule has 22 heavy (non-hydrogen) atoms. The van der Waals surface area contributed by atoms with Crippen molar-refractivity contribution < 1.29 is 5.11 Å². The van der Waals surface area contributed by atoms with Crippen LogP contribution >= 0.6 is 11.6 Å². The fourth-order valence-electron chi connectivity index (χ4n) is 2.54. The van der Waals surface area contributed by atoms with Crippen molar-refractivity contribution in [3.63, 3.8) is 0 Å². The van der Waals surface area contributed by atoms with Gasteiger partial charge in [-0.3, -0.25) is 4.99 Å². The number of aromatic nitrogens is 1. The molecule has 0 amide bonds. The second kappa shape index (κ2) is 5.85. The molecule has 0 spiro atoms. The summed E-state index contributed by atoms with van der Waals surface area (Å²) < 4.78 is 0. The number of hydrogen-bond acceptors (Lipinski definition) is 2. The second-order valence-electron chi connectivity index (χ2n) is 5.55. The first-order valence-corrected chi connectivity index (χ1v) is 7.57. The minimum absolute atomic E-state index is 0.100. The van der Waals surface area contributed by atoms with Crippen molar-refractivity contribution in [1.82, 2.24) is 4.98 Å². The van der Waals surface area contributed by atoms with Crippen LogP contribution in [0, 0.1) is 0 Å². The molecule has 0 fully saturated rings. The van der Waals surface area contributed by atoms with Gasteiger partial charge in [-0.25, -0.2) is 0 Å². The van der Waals surface area contributed by atoms with Crippen LogP contribution in [0.4, 0.5) is 5.69 Å². The molecule has 0 atom stereocenters. The van der Waals surface area contributed by atoms with E-state index in [1.54, 1.807) is 18.3 Å². The molecule has 0 aliphatic rings. The highest BCUT2D eigenvalue weighted by molar-refractivity contribution is 6.31. The zero-order valence-corrected chi connectivity index (χ0v) is 13.2. The number of halogens is 1. The van der Waals surface area contributed by atoms with Crippen LogP contribution in [0.25, 0.3) is 10.9 Å². The molecule has 4 heteroatoms. The van der Waals surface area contributed by atoms with Crippen LogP contribution in [0.5, 0.6) is 5.88 Å². The van der Waals surface area contributed by atoms with Gasteiger partial charge >= 0.3 is 0 Å². The summed E-state index contributed by atoms with van der Waals surface area (Å²) >= 11 is 5.97. The maximum Gasteiger partial charge on any atom is 0.198 e. The van der Waals surface area contributed by atoms with E-state index in [9.17, 15) is 5.11 Å². The van der Waals surface area contributed by atoms with Crippen molar-refractivity contribution in [2.24, 2.45) is 4.99 Å². The summed E-state index contributed by atoms with van der Waals surface area (Å²) in [5.74, 6) is 0.492. The number of nitrogens with one attached hydrogen (secondary N) is 1. The third-order valence-electron chi connectivity index (χ3n) is 3.67. The van der Waals surface area contributed by atoms with Crippen LogP contribution in [0.3, 0.4) is 0 Å². The number of nitrogens with zero attached hydrogens (tertiary/aromatic N) is 1. The van der Waals surface area contributed by atoms with Crippen LogP contribution in [0.2, 0.25) is 5.02 Å². The van der Waals surface area contributed by atoms with Gasteiger partial charge in [0.1, 0.15) is 0 Å². The largest absolute Gasteiger partial charge is 0.494 e. The molecule has 0 bridgehead atoms. The molecule has 3 rings (SSSR count). The van der Waals surface area contributed by atoms with Crippen LogP contribution in [-0.2, 0) is 0 Å². The molecule has 0 aliphatic carbocycles. The Morgan fingerprint density at radius 2 is 1.95 bits per heavy atom. The van der Waals surface area contributed by atoms with Crippen molar-refractivity contribution in [2.45, 2.75) is 19.8 Å². The molecule has 0 saturated heterocycles. The number of para-hydroxylation sites is 1. The molecule has 0 unspecified atom stereocenters. The number of rotatable bonds is 3. The molecule has 1 aromatic heterocycles. The van der Waals surface area contributed by atoms with Crippen LogP contribution < -0.4 is 0 Å².